The molecular weight excluding hydrogens is 386 g/mol. The number of amides is 1. The van der Waals surface area contributed by atoms with Crippen molar-refractivity contribution in [1.82, 2.24) is 5.32 Å². The predicted octanol–water partition coefficient (Wildman–Crippen LogP) is 3.42. The molecule has 1 N–H and O–H groups in total. The van der Waals surface area contributed by atoms with E-state index in [0.29, 0.717) is 16.9 Å². The van der Waals surface area contributed by atoms with Crippen molar-refractivity contribution in [2.45, 2.75) is 64.3 Å². The highest BCUT2D eigenvalue weighted by atomic mass is 16.5. The van der Waals surface area contributed by atoms with Crippen LogP contribution in [0.4, 0.5) is 0 Å². The molecule has 2 aromatic rings. The second kappa shape index (κ2) is 10.3. The molecule has 0 bridgehead atoms. The molecule has 3 rings (SSSR count). The van der Waals surface area contributed by atoms with Gasteiger partial charge in [0.15, 0.2) is 6.61 Å². The molecule has 0 radical (unpaired) electrons. The Hall–Kier alpha value is -2.83. The minimum absolute atomic E-state index is 0.00394. The van der Waals surface area contributed by atoms with E-state index in [9.17, 15) is 14.4 Å². The van der Waals surface area contributed by atoms with E-state index in [0.717, 1.165) is 36.6 Å². The first-order valence-electron chi connectivity index (χ1n) is 10.5. The highest BCUT2D eigenvalue weighted by Gasteiger charge is 2.17. The zero-order chi connectivity index (χ0) is 21.5. The van der Waals surface area contributed by atoms with E-state index in [1.165, 1.54) is 12.8 Å². The summed E-state index contributed by atoms with van der Waals surface area (Å²) in [6.07, 6.45) is 6.79. The first-order chi connectivity index (χ1) is 14.5. The van der Waals surface area contributed by atoms with E-state index in [2.05, 4.69) is 5.32 Å². The molecule has 0 atom stereocenters. The number of methoxy groups -OCH3 is 1. The zero-order valence-electron chi connectivity index (χ0n) is 17.6. The van der Waals surface area contributed by atoms with E-state index in [1.807, 2.05) is 13.0 Å². The Morgan fingerprint density at radius 3 is 2.60 bits per heavy atom. The quantitative estimate of drug-likeness (QED) is 0.423. The van der Waals surface area contributed by atoms with Gasteiger partial charge >= 0.3 is 11.6 Å². The van der Waals surface area contributed by atoms with Gasteiger partial charge in [-0.2, -0.15) is 0 Å². The lowest BCUT2D eigenvalue weighted by Gasteiger charge is -2.16. The van der Waals surface area contributed by atoms with Crippen molar-refractivity contribution < 1.29 is 23.5 Å². The van der Waals surface area contributed by atoms with Crippen LogP contribution in [0.25, 0.3) is 11.0 Å². The summed E-state index contributed by atoms with van der Waals surface area (Å²) in [5.74, 6) is -0.186. The molecule has 0 unspecified atom stereocenters. The molecule has 1 saturated carbocycles. The molecule has 0 saturated heterocycles. The maximum absolute atomic E-state index is 12.4. The number of rotatable bonds is 7. The van der Waals surface area contributed by atoms with Crippen molar-refractivity contribution in [2.24, 2.45) is 0 Å². The number of nitrogens with one attached hydrogen (secondary N) is 1. The van der Waals surface area contributed by atoms with Gasteiger partial charge in [-0.1, -0.05) is 25.7 Å². The van der Waals surface area contributed by atoms with E-state index in [1.54, 1.807) is 19.2 Å². The van der Waals surface area contributed by atoms with Crippen LogP contribution in [0, 0.1) is 6.92 Å². The van der Waals surface area contributed by atoms with Gasteiger partial charge in [-0.15, -0.1) is 0 Å². The molecule has 1 aliphatic rings. The van der Waals surface area contributed by atoms with Gasteiger partial charge in [-0.3, -0.25) is 9.59 Å². The molecule has 1 aliphatic carbocycles. The number of hydrogen-bond donors (Lipinski definition) is 1. The van der Waals surface area contributed by atoms with Crippen LogP contribution in [0.15, 0.2) is 27.4 Å². The fourth-order valence-corrected chi connectivity index (χ4v) is 3.93. The first-order valence-corrected chi connectivity index (χ1v) is 10.5. The van der Waals surface area contributed by atoms with Crippen molar-refractivity contribution in [3.63, 3.8) is 0 Å². The molecule has 30 heavy (non-hydrogen) atoms. The summed E-state index contributed by atoms with van der Waals surface area (Å²) in [6.45, 7) is 1.53. The third-order valence-electron chi connectivity index (χ3n) is 5.66. The summed E-state index contributed by atoms with van der Waals surface area (Å²) in [4.78, 5) is 36.5. The van der Waals surface area contributed by atoms with E-state index in [-0.39, 0.29) is 31.4 Å². The van der Waals surface area contributed by atoms with Crippen LogP contribution in [0.5, 0.6) is 5.75 Å². The molecule has 7 nitrogen and oxygen atoms in total. The normalized spacial score (nSPS) is 14.9. The molecule has 162 valence electrons. The van der Waals surface area contributed by atoms with Crippen molar-refractivity contribution in [2.75, 3.05) is 13.7 Å². The monoisotopic (exact) mass is 415 g/mol. The van der Waals surface area contributed by atoms with Crippen molar-refractivity contribution in [3.8, 4) is 5.75 Å². The number of ether oxygens (including phenoxy) is 2. The second-order valence-electron chi connectivity index (χ2n) is 7.77. The molecule has 1 amide bonds. The molecule has 7 heteroatoms. The molecule has 0 spiro atoms. The maximum Gasteiger partial charge on any atom is 0.339 e. The Morgan fingerprint density at radius 2 is 1.90 bits per heavy atom. The van der Waals surface area contributed by atoms with Crippen LogP contribution in [0.1, 0.15) is 56.1 Å². The van der Waals surface area contributed by atoms with Crippen LogP contribution in [-0.4, -0.2) is 31.6 Å². The summed E-state index contributed by atoms with van der Waals surface area (Å²) in [7, 11) is 1.54. The zero-order valence-corrected chi connectivity index (χ0v) is 17.6. The number of benzene rings is 1. The van der Waals surface area contributed by atoms with Crippen LogP contribution < -0.4 is 15.7 Å². The smallest absolute Gasteiger partial charge is 0.339 e. The third-order valence-corrected chi connectivity index (χ3v) is 5.66. The summed E-state index contributed by atoms with van der Waals surface area (Å²) >= 11 is 0. The van der Waals surface area contributed by atoms with Gasteiger partial charge in [0.1, 0.15) is 11.3 Å². The lowest BCUT2D eigenvalue weighted by molar-refractivity contribution is -0.148. The number of esters is 1. The lowest BCUT2D eigenvalue weighted by atomic mass is 10.0. The Bertz CT molecular complexity index is 956. The molecule has 1 fully saturated rings. The highest BCUT2D eigenvalue weighted by molar-refractivity contribution is 5.83. The third kappa shape index (κ3) is 5.62. The van der Waals surface area contributed by atoms with Crippen molar-refractivity contribution in [3.05, 3.63) is 39.7 Å². The van der Waals surface area contributed by atoms with E-state index < -0.39 is 11.6 Å². The van der Waals surface area contributed by atoms with E-state index >= 15 is 0 Å². The van der Waals surface area contributed by atoms with Crippen molar-refractivity contribution in [1.29, 1.82) is 0 Å². The Kier molecular flexibility index (Phi) is 7.49. The van der Waals surface area contributed by atoms with Gasteiger partial charge in [-0.05, 0) is 43.9 Å². The van der Waals surface area contributed by atoms with Gasteiger partial charge < -0.3 is 19.2 Å². The highest BCUT2D eigenvalue weighted by Crippen LogP contribution is 2.24. The fraction of sp³-hybridized carbons (Fsp3) is 0.522. The predicted molar refractivity (Wildman–Crippen MR) is 113 cm³/mol. The van der Waals surface area contributed by atoms with Crippen LogP contribution in [0.2, 0.25) is 0 Å². The average Bonchev–Trinajstić information content (AvgIpc) is 3.00. The number of fused-ring (bicyclic) bond motifs is 1. The summed E-state index contributed by atoms with van der Waals surface area (Å²) in [6, 6.07) is 5.45. The van der Waals surface area contributed by atoms with Gasteiger partial charge in [0.25, 0.3) is 5.91 Å². The molecule has 1 aromatic heterocycles. The van der Waals surface area contributed by atoms with Crippen LogP contribution in [-0.2, 0) is 20.7 Å². The number of aryl methyl sites for hydroxylation is 1. The largest absolute Gasteiger partial charge is 0.497 e. The molecule has 1 aromatic carbocycles. The number of carbonyl (C=O) groups is 2. The van der Waals surface area contributed by atoms with Crippen LogP contribution >= 0.6 is 0 Å². The topological polar surface area (TPSA) is 94.8 Å². The number of carbonyl (C=O) groups excluding carboxylic acids is 2. The standard InChI is InChI=1S/C23H29NO6/c1-15-18-10-9-17(28-2)13-20(18)30-23(27)19(15)11-12-22(26)29-14-21(25)24-16-7-5-3-4-6-8-16/h9-10,13,16H,3-8,11-12,14H2,1-2H3,(H,24,25). The second-order valence-corrected chi connectivity index (χ2v) is 7.77. The summed E-state index contributed by atoms with van der Waals surface area (Å²) in [5.41, 5.74) is 1.17. The minimum atomic E-state index is -0.514. The van der Waals surface area contributed by atoms with Gasteiger partial charge in [-0.25, -0.2) is 4.79 Å². The Balaban J connectivity index is 1.53. The molecular formula is C23H29NO6. The van der Waals surface area contributed by atoms with Crippen LogP contribution in [0.3, 0.4) is 0 Å². The van der Waals surface area contributed by atoms with Gasteiger partial charge in [0, 0.05) is 29.5 Å². The van der Waals surface area contributed by atoms with E-state index in [4.69, 9.17) is 13.9 Å². The Labute approximate surface area is 175 Å². The average molecular weight is 415 g/mol. The van der Waals surface area contributed by atoms with Gasteiger partial charge in [0.05, 0.1) is 7.11 Å². The SMILES string of the molecule is COc1ccc2c(C)c(CCC(=O)OCC(=O)NC3CCCCCC3)c(=O)oc2c1. The van der Waals surface area contributed by atoms with Gasteiger partial charge in [0.2, 0.25) is 0 Å². The summed E-state index contributed by atoms with van der Waals surface area (Å²) < 4.78 is 15.6. The molecule has 0 aliphatic heterocycles. The fourth-order valence-electron chi connectivity index (χ4n) is 3.93. The Morgan fingerprint density at radius 1 is 1.17 bits per heavy atom. The first kappa shape index (κ1) is 21.9. The van der Waals surface area contributed by atoms with Crippen molar-refractivity contribution >= 4 is 22.8 Å². The minimum Gasteiger partial charge on any atom is -0.497 e. The molecule has 1 heterocycles. The summed E-state index contributed by atoms with van der Waals surface area (Å²) in [5, 5.41) is 3.74. The lowest BCUT2D eigenvalue weighted by Crippen LogP contribution is -2.37. The maximum atomic E-state index is 12.4. The number of hydrogen-bond acceptors (Lipinski definition) is 6.